The fourth-order valence-corrected chi connectivity index (χ4v) is 3.37. The second kappa shape index (κ2) is 5.37. The number of hydrogen-bond acceptors (Lipinski definition) is 4. The van der Waals surface area contributed by atoms with Crippen molar-refractivity contribution in [1.29, 1.82) is 0 Å². The smallest absolute Gasteiger partial charge is 0.282 e. The number of amides is 1. The van der Waals surface area contributed by atoms with Gasteiger partial charge in [-0.05, 0) is 0 Å². The van der Waals surface area contributed by atoms with Crippen LogP contribution in [0.25, 0.3) is 0 Å². The number of aryl methyl sites for hydroxylation is 1. The lowest BCUT2D eigenvalue weighted by Gasteiger charge is -2.42. The van der Waals surface area contributed by atoms with Crippen LogP contribution in [0.2, 0.25) is 0 Å². The van der Waals surface area contributed by atoms with E-state index < -0.39 is 25.1 Å². The summed E-state index contributed by atoms with van der Waals surface area (Å²) in [7, 11) is 1.85. The van der Waals surface area contributed by atoms with E-state index in [1.54, 1.807) is 28.0 Å². The highest BCUT2D eigenvalue weighted by molar-refractivity contribution is 5.82. The number of halogens is 2. The molecule has 1 fully saturated rings. The van der Waals surface area contributed by atoms with Crippen LogP contribution in [0, 0.1) is 0 Å². The van der Waals surface area contributed by atoms with Crippen LogP contribution in [0.15, 0.2) is 24.9 Å². The summed E-state index contributed by atoms with van der Waals surface area (Å²) in [4.78, 5) is 20.1. The number of carbonyl (C=O) groups is 1. The van der Waals surface area contributed by atoms with E-state index in [1.165, 1.54) is 4.90 Å². The highest BCUT2D eigenvalue weighted by atomic mass is 19.3. The highest BCUT2D eigenvalue weighted by Crippen LogP contribution is 2.31. The van der Waals surface area contributed by atoms with Crippen LogP contribution in [0.5, 0.6) is 0 Å². The van der Waals surface area contributed by atoms with Gasteiger partial charge >= 0.3 is 0 Å². The van der Waals surface area contributed by atoms with Gasteiger partial charge in [0.15, 0.2) is 0 Å². The predicted octanol–water partition coefficient (Wildman–Crippen LogP) is 0.651. The lowest BCUT2D eigenvalue weighted by Crippen LogP contribution is -2.61. The SMILES string of the molecule is Cn1cc(CN2Cc3cncn3[C@H](C(=O)N3CC(F)(F)C3)C2)cn1. The van der Waals surface area contributed by atoms with Crippen LogP contribution in [0.3, 0.4) is 0 Å². The lowest BCUT2D eigenvalue weighted by atomic mass is 10.1. The molecule has 0 aliphatic carbocycles. The number of aromatic nitrogens is 4. The molecule has 24 heavy (non-hydrogen) atoms. The van der Waals surface area contributed by atoms with E-state index in [0.717, 1.165) is 11.3 Å². The van der Waals surface area contributed by atoms with E-state index in [9.17, 15) is 13.6 Å². The molecule has 128 valence electrons. The van der Waals surface area contributed by atoms with E-state index >= 15 is 0 Å². The van der Waals surface area contributed by atoms with E-state index in [1.807, 2.05) is 13.2 Å². The Hall–Kier alpha value is -2.29. The topological polar surface area (TPSA) is 59.2 Å². The van der Waals surface area contributed by atoms with Crippen molar-refractivity contribution in [3.05, 3.63) is 36.2 Å². The first-order valence-electron chi connectivity index (χ1n) is 7.78. The summed E-state index contributed by atoms with van der Waals surface area (Å²) in [5.74, 6) is -3.02. The maximum absolute atomic E-state index is 13.1. The lowest BCUT2D eigenvalue weighted by molar-refractivity contribution is -0.170. The summed E-state index contributed by atoms with van der Waals surface area (Å²) in [6.45, 7) is 0.802. The van der Waals surface area contributed by atoms with E-state index in [2.05, 4.69) is 15.0 Å². The van der Waals surface area contributed by atoms with Crippen LogP contribution in [-0.4, -0.2) is 60.6 Å². The van der Waals surface area contributed by atoms with Crippen LogP contribution in [-0.2, 0) is 24.9 Å². The molecule has 4 heterocycles. The second-order valence-corrected chi connectivity index (χ2v) is 6.55. The normalized spacial score (nSPS) is 23.0. The molecule has 2 aliphatic rings. The van der Waals surface area contributed by atoms with Crippen molar-refractivity contribution in [2.24, 2.45) is 7.05 Å². The Labute approximate surface area is 137 Å². The van der Waals surface area contributed by atoms with E-state index in [0.29, 0.717) is 19.6 Å². The zero-order chi connectivity index (χ0) is 16.9. The number of fused-ring (bicyclic) bond motifs is 1. The maximum Gasteiger partial charge on any atom is 0.282 e. The number of imidazole rings is 1. The summed E-state index contributed by atoms with van der Waals surface area (Å²) < 4.78 is 29.7. The minimum atomic E-state index is -2.75. The van der Waals surface area contributed by atoms with Gasteiger partial charge < -0.3 is 9.47 Å². The van der Waals surface area contributed by atoms with Crippen LogP contribution in [0.4, 0.5) is 8.78 Å². The van der Waals surface area contributed by atoms with E-state index in [4.69, 9.17) is 0 Å². The number of hydrogen-bond donors (Lipinski definition) is 0. The summed E-state index contributed by atoms with van der Waals surface area (Å²) >= 11 is 0. The Morgan fingerprint density at radius 2 is 2.17 bits per heavy atom. The molecule has 1 saturated heterocycles. The fraction of sp³-hybridized carbons (Fsp3) is 0.533. The minimum absolute atomic E-state index is 0.268. The Bertz CT molecular complexity index is 762. The van der Waals surface area contributed by atoms with Crippen molar-refractivity contribution in [3.8, 4) is 0 Å². The van der Waals surface area contributed by atoms with Crippen LogP contribution < -0.4 is 0 Å². The molecule has 0 radical (unpaired) electrons. The fourth-order valence-electron chi connectivity index (χ4n) is 3.37. The van der Waals surface area contributed by atoms with Crippen molar-refractivity contribution in [2.45, 2.75) is 25.1 Å². The molecule has 0 bridgehead atoms. The molecule has 4 rings (SSSR count). The Balaban J connectivity index is 1.52. The number of likely N-dealkylation sites (tertiary alicyclic amines) is 1. The van der Waals surface area contributed by atoms with Gasteiger partial charge in [-0.1, -0.05) is 0 Å². The van der Waals surface area contributed by atoms with Gasteiger partial charge in [-0.2, -0.15) is 5.10 Å². The first-order chi connectivity index (χ1) is 11.4. The van der Waals surface area contributed by atoms with Crippen molar-refractivity contribution >= 4 is 5.91 Å². The standard InChI is InChI=1S/C15H18F2N6O/c1-20-4-11(2-19-20)5-21-6-12-3-18-10-23(12)13(7-21)14(24)22-8-15(16,17)9-22/h2-4,10,13H,5-9H2,1H3/t13-/m0/s1. The van der Waals surface area contributed by atoms with E-state index in [-0.39, 0.29) is 5.91 Å². The third-order valence-electron chi connectivity index (χ3n) is 4.50. The van der Waals surface area contributed by atoms with Crippen molar-refractivity contribution < 1.29 is 13.6 Å². The first kappa shape index (κ1) is 15.3. The van der Waals surface area contributed by atoms with Gasteiger partial charge in [0, 0.05) is 44.6 Å². The number of alkyl halides is 2. The number of rotatable bonds is 3. The molecule has 2 aliphatic heterocycles. The van der Waals surface area contributed by atoms with Gasteiger partial charge in [-0.15, -0.1) is 0 Å². The molecule has 7 nitrogen and oxygen atoms in total. The zero-order valence-electron chi connectivity index (χ0n) is 13.3. The molecule has 1 amide bonds. The molecule has 0 N–H and O–H groups in total. The second-order valence-electron chi connectivity index (χ2n) is 6.55. The molecule has 9 heteroatoms. The zero-order valence-corrected chi connectivity index (χ0v) is 13.3. The summed E-state index contributed by atoms with van der Waals surface area (Å²) in [6.07, 6.45) is 7.05. The van der Waals surface area contributed by atoms with Gasteiger partial charge in [0.1, 0.15) is 6.04 Å². The molecule has 2 aromatic heterocycles. The largest absolute Gasteiger partial charge is 0.329 e. The third kappa shape index (κ3) is 2.68. The molecular formula is C15H18F2N6O. The van der Waals surface area contributed by atoms with Crippen LogP contribution >= 0.6 is 0 Å². The quantitative estimate of drug-likeness (QED) is 0.826. The van der Waals surface area contributed by atoms with Gasteiger partial charge in [0.25, 0.3) is 5.92 Å². The Morgan fingerprint density at radius 1 is 1.38 bits per heavy atom. The third-order valence-corrected chi connectivity index (χ3v) is 4.50. The van der Waals surface area contributed by atoms with Crippen molar-refractivity contribution in [1.82, 2.24) is 29.1 Å². The number of carbonyl (C=O) groups excluding carboxylic acids is 1. The highest BCUT2D eigenvalue weighted by Gasteiger charge is 2.48. The van der Waals surface area contributed by atoms with Crippen molar-refractivity contribution in [2.75, 3.05) is 19.6 Å². The first-order valence-corrected chi connectivity index (χ1v) is 7.78. The summed E-state index contributed by atoms with van der Waals surface area (Å²) in [6, 6.07) is -0.510. The van der Waals surface area contributed by atoms with Gasteiger partial charge in [-0.3, -0.25) is 14.4 Å². The van der Waals surface area contributed by atoms with Crippen molar-refractivity contribution in [3.63, 3.8) is 0 Å². The van der Waals surface area contributed by atoms with Gasteiger partial charge in [0.2, 0.25) is 5.91 Å². The van der Waals surface area contributed by atoms with Gasteiger partial charge in [-0.25, -0.2) is 13.8 Å². The molecule has 0 unspecified atom stereocenters. The predicted molar refractivity (Wildman–Crippen MR) is 80.1 cm³/mol. The molecular weight excluding hydrogens is 318 g/mol. The average molecular weight is 336 g/mol. The molecule has 0 saturated carbocycles. The molecule has 1 atom stereocenters. The number of nitrogens with zero attached hydrogens (tertiary/aromatic N) is 6. The molecule has 2 aromatic rings. The van der Waals surface area contributed by atoms with Crippen LogP contribution in [0.1, 0.15) is 17.3 Å². The minimum Gasteiger partial charge on any atom is -0.329 e. The maximum atomic E-state index is 13.1. The summed E-state index contributed by atoms with van der Waals surface area (Å²) in [5.41, 5.74) is 1.96. The average Bonchev–Trinajstić information content (AvgIpc) is 3.12. The molecule has 0 aromatic carbocycles. The van der Waals surface area contributed by atoms with Gasteiger partial charge in [0.05, 0.1) is 31.3 Å². The Kier molecular flexibility index (Phi) is 3.41. The molecule has 0 spiro atoms. The summed E-state index contributed by atoms with van der Waals surface area (Å²) in [5, 5.41) is 4.15. The monoisotopic (exact) mass is 336 g/mol. The Morgan fingerprint density at radius 3 is 2.83 bits per heavy atom.